The fraction of sp³-hybridized carbons (Fsp3) is 0.115. The van der Waals surface area contributed by atoms with Crippen LogP contribution in [0.1, 0.15) is 22.5 Å². The van der Waals surface area contributed by atoms with Crippen molar-refractivity contribution in [3.63, 3.8) is 0 Å². The maximum absolute atomic E-state index is 9.78. The first-order valence-corrected chi connectivity index (χ1v) is 11.0. The number of benzene rings is 3. The predicted octanol–water partition coefficient (Wildman–Crippen LogP) is 5.86. The Morgan fingerprint density at radius 3 is 2.65 bits per heavy atom. The Morgan fingerprint density at radius 2 is 1.91 bits per heavy atom. The van der Waals surface area contributed by atoms with Gasteiger partial charge in [0.1, 0.15) is 24.3 Å². The van der Waals surface area contributed by atoms with Crippen molar-refractivity contribution in [3.05, 3.63) is 81.6 Å². The van der Waals surface area contributed by atoms with E-state index in [0.717, 1.165) is 22.2 Å². The number of hydrogen-bond acceptors (Lipinski definition) is 6. The van der Waals surface area contributed by atoms with Crippen LogP contribution < -0.4 is 14.2 Å². The zero-order chi connectivity index (χ0) is 24.1. The molecule has 0 amide bonds. The number of aromatic amines is 1. The fourth-order valence-corrected chi connectivity index (χ4v) is 4.01. The van der Waals surface area contributed by atoms with Crippen molar-refractivity contribution in [2.45, 2.75) is 6.61 Å². The molecule has 1 N–H and O–H groups in total. The maximum Gasteiger partial charge on any atom is 0.175 e. The second-order valence-corrected chi connectivity index (χ2v) is 8.08. The van der Waals surface area contributed by atoms with Crippen LogP contribution in [-0.4, -0.2) is 24.2 Å². The third kappa shape index (κ3) is 4.73. The van der Waals surface area contributed by atoms with Gasteiger partial charge in [-0.3, -0.25) is 0 Å². The summed E-state index contributed by atoms with van der Waals surface area (Å²) >= 11 is 3.54. The third-order valence-corrected chi connectivity index (χ3v) is 5.73. The summed E-state index contributed by atoms with van der Waals surface area (Å²) in [6, 6.07) is 20.7. The molecule has 4 aromatic rings. The molecule has 1 aromatic heterocycles. The molecule has 4 rings (SSSR count). The molecule has 0 radical (unpaired) electrons. The monoisotopic (exact) mass is 514 g/mol. The molecule has 0 saturated heterocycles. The first kappa shape index (κ1) is 22.9. The quantitative estimate of drug-likeness (QED) is 0.310. The molecule has 1 heterocycles. The molecule has 0 aliphatic rings. The highest BCUT2D eigenvalue weighted by Crippen LogP contribution is 2.38. The fourth-order valence-electron chi connectivity index (χ4n) is 3.43. The molecule has 0 aliphatic carbocycles. The lowest BCUT2D eigenvalue weighted by Crippen LogP contribution is -2.01. The van der Waals surface area contributed by atoms with Crippen molar-refractivity contribution in [1.82, 2.24) is 9.97 Å². The highest BCUT2D eigenvalue weighted by molar-refractivity contribution is 9.10. The van der Waals surface area contributed by atoms with Gasteiger partial charge in [-0.05, 0) is 57.9 Å². The number of halogens is 1. The lowest BCUT2D eigenvalue weighted by molar-refractivity contribution is 0.282. The van der Waals surface area contributed by atoms with Crippen LogP contribution >= 0.6 is 15.9 Å². The van der Waals surface area contributed by atoms with Gasteiger partial charge in [0.25, 0.3) is 0 Å². The van der Waals surface area contributed by atoms with E-state index in [9.17, 15) is 10.5 Å². The zero-order valence-electron chi connectivity index (χ0n) is 18.4. The number of ether oxygens (including phenoxy) is 3. The molecular formula is C26H19BrN4O3. The maximum atomic E-state index is 9.78. The minimum Gasteiger partial charge on any atom is -0.497 e. The SMILES string of the molecule is COc1ccc2nc(/C(C#N)=C\c3cc(Br)c(OCc4ccccc4C#N)c(OC)c3)[nH]c2c1. The molecule has 0 bridgehead atoms. The molecule has 0 spiro atoms. The Kier molecular flexibility index (Phi) is 6.82. The summed E-state index contributed by atoms with van der Waals surface area (Å²) in [6.07, 6.45) is 1.72. The van der Waals surface area contributed by atoms with E-state index < -0.39 is 0 Å². The number of allylic oxidation sites excluding steroid dienone is 1. The van der Waals surface area contributed by atoms with Gasteiger partial charge in [0, 0.05) is 11.6 Å². The average molecular weight is 515 g/mol. The summed E-state index contributed by atoms with van der Waals surface area (Å²) in [4.78, 5) is 7.69. The van der Waals surface area contributed by atoms with Crippen LogP contribution in [-0.2, 0) is 6.61 Å². The number of hydrogen-bond donors (Lipinski definition) is 1. The van der Waals surface area contributed by atoms with Crippen LogP contribution in [0.5, 0.6) is 17.2 Å². The van der Waals surface area contributed by atoms with Gasteiger partial charge in [-0.1, -0.05) is 18.2 Å². The van der Waals surface area contributed by atoms with Crippen LogP contribution in [0.15, 0.2) is 59.1 Å². The number of imidazole rings is 1. The molecule has 0 aliphatic heterocycles. The normalized spacial score (nSPS) is 11.0. The predicted molar refractivity (Wildman–Crippen MR) is 132 cm³/mol. The highest BCUT2D eigenvalue weighted by atomic mass is 79.9. The molecule has 0 unspecified atom stereocenters. The van der Waals surface area contributed by atoms with E-state index in [-0.39, 0.29) is 6.61 Å². The lowest BCUT2D eigenvalue weighted by Gasteiger charge is -2.14. The van der Waals surface area contributed by atoms with Gasteiger partial charge in [0.15, 0.2) is 11.5 Å². The van der Waals surface area contributed by atoms with E-state index in [1.165, 1.54) is 0 Å². The Balaban J connectivity index is 1.65. The van der Waals surface area contributed by atoms with Crippen molar-refractivity contribution >= 4 is 38.6 Å². The minimum absolute atomic E-state index is 0.208. The topological polar surface area (TPSA) is 104 Å². The summed E-state index contributed by atoms with van der Waals surface area (Å²) in [6.45, 7) is 0.208. The molecule has 168 valence electrons. The van der Waals surface area contributed by atoms with E-state index >= 15 is 0 Å². The van der Waals surface area contributed by atoms with Gasteiger partial charge in [-0.2, -0.15) is 10.5 Å². The van der Waals surface area contributed by atoms with E-state index in [1.807, 2.05) is 42.5 Å². The smallest absolute Gasteiger partial charge is 0.175 e. The van der Waals surface area contributed by atoms with Crippen molar-refractivity contribution in [2.24, 2.45) is 0 Å². The number of H-pyrrole nitrogens is 1. The Morgan fingerprint density at radius 1 is 1.09 bits per heavy atom. The van der Waals surface area contributed by atoms with Crippen LogP contribution in [0.3, 0.4) is 0 Å². The van der Waals surface area contributed by atoms with Gasteiger partial charge >= 0.3 is 0 Å². The Hall–Kier alpha value is -4.27. The third-order valence-electron chi connectivity index (χ3n) is 5.14. The van der Waals surface area contributed by atoms with Crippen molar-refractivity contribution in [1.29, 1.82) is 10.5 Å². The summed E-state index contributed by atoms with van der Waals surface area (Å²) in [5.41, 5.74) is 3.92. The van der Waals surface area contributed by atoms with Gasteiger partial charge in [-0.15, -0.1) is 0 Å². The molecule has 8 heteroatoms. The second-order valence-electron chi connectivity index (χ2n) is 7.23. The number of rotatable bonds is 7. The standard InChI is InChI=1S/C26H19BrN4O3/c1-32-20-7-8-22-23(12-20)31-26(30-22)19(14-29)9-16-10-21(27)25(24(11-16)33-2)34-15-18-6-4-3-5-17(18)13-28/h3-12H,15H2,1-2H3,(H,30,31)/b19-9-. The van der Waals surface area contributed by atoms with Crippen molar-refractivity contribution in [3.8, 4) is 29.4 Å². The molecule has 7 nitrogen and oxygen atoms in total. The van der Waals surface area contributed by atoms with E-state index in [4.69, 9.17) is 14.2 Å². The largest absolute Gasteiger partial charge is 0.497 e. The minimum atomic E-state index is 0.208. The molecular weight excluding hydrogens is 496 g/mol. The number of nitrogens with one attached hydrogen (secondary N) is 1. The number of nitriles is 2. The number of aromatic nitrogens is 2. The van der Waals surface area contributed by atoms with Crippen molar-refractivity contribution < 1.29 is 14.2 Å². The average Bonchev–Trinajstić information content (AvgIpc) is 3.29. The summed E-state index contributed by atoms with van der Waals surface area (Å²) < 4.78 is 17.4. The van der Waals surface area contributed by atoms with Crippen LogP contribution in [0.4, 0.5) is 0 Å². The number of nitrogens with zero attached hydrogens (tertiary/aromatic N) is 3. The summed E-state index contributed by atoms with van der Waals surface area (Å²) in [5.74, 6) is 2.14. The molecule has 0 atom stereocenters. The van der Waals surface area contributed by atoms with Gasteiger partial charge in [0.05, 0.1) is 46.9 Å². The van der Waals surface area contributed by atoms with Gasteiger partial charge in [-0.25, -0.2) is 4.98 Å². The number of fused-ring (bicyclic) bond motifs is 1. The second kappa shape index (κ2) is 10.1. The first-order chi connectivity index (χ1) is 16.6. The summed E-state index contributed by atoms with van der Waals surface area (Å²) in [5, 5.41) is 19.1. The van der Waals surface area contributed by atoms with E-state index in [1.54, 1.807) is 32.4 Å². The molecule has 3 aromatic carbocycles. The van der Waals surface area contributed by atoms with E-state index in [0.29, 0.717) is 38.7 Å². The van der Waals surface area contributed by atoms with Crippen LogP contribution in [0.25, 0.3) is 22.7 Å². The molecule has 0 fully saturated rings. The van der Waals surface area contributed by atoms with Gasteiger partial charge < -0.3 is 19.2 Å². The highest BCUT2D eigenvalue weighted by Gasteiger charge is 2.14. The molecule has 0 saturated carbocycles. The Labute approximate surface area is 205 Å². The van der Waals surface area contributed by atoms with Crippen LogP contribution in [0.2, 0.25) is 0 Å². The lowest BCUT2D eigenvalue weighted by atomic mass is 10.1. The Bertz CT molecular complexity index is 1480. The zero-order valence-corrected chi connectivity index (χ0v) is 20.0. The first-order valence-electron chi connectivity index (χ1n) is 10.2. The van der Waals surface area contributed by atoms with Gasteiger partial charge in [0.2, 0.25) is 0 Å². The number of methoxy groups -OCH3 is 2. The van der Waals surface area contributed by atoms with Crippen molar-refractivity contribution in [2.75, 3.05) is 14.2 Å². The summed E-state index contributed by atoms with van der Waals surface area (Å²) in [7, 11) is 3.14. The van der Waals surface area contributed by atoms with E-state index in [2.05, 4.69) is 38.0 Å². The molecule has 34 heavy (non-hydrogen) atoms. The van der Waals surface area contributed by atoms with Crippen LogP contribution in [0, 0.1) is 22.7 Å².